The first-order valence-corrected chi connectivity index (χ1v) is 8.06. The summed E-state index contributed by atoms with van der Waals surface area (Å²) in [5.41, 5.74) is 9.44. The van der Waals surface area contributed by atoms with Crippen LogP contribution in [0.25, 0.3) is 0 Å². The monoisotopic (exact) mass is 285 g/mol. The minimum atomic E-state index is -0.285. The van der Waals surface area contributed by atoms with E-state index in [1.807, 2.05) is 6.08 Å². The first kappa shape index (κ1) is 14.8. The predicted octanol–water partition coefficient (Wildman–Crippen LogP) is 1.98. The van der Waals surface area contributed by atoms with E-state index in [2.05, 4.69) is 47.7 Å². The molecule has 0 aromatic heterocycles. The Hall–Kier alpha value is -1.16. The highest BCUT2D eigenvalue weighted by molar-refractivity contribution is 5.38. The Bertz CT molecular complexity index is 505. The zero-order valence-corrected chi connectivity index (χ0v) is 13.1. The van der Waals surface area contributed by atoms with Gasteiger partial charge in [0, 0.05) is 32.2 Å². The lowest BCUT2D eigenvalue weighted by molar-refractivity contribution is 0.0563. The SMILES string of the molecule is C=CCC1(N)c2ccccc2CCC1N1CCN(C)CC1. The second-order valence-electron chi connectivity index (χ2n) is 6.58. The van der Waals surface area contributed by atoms with E-state index >= 15 is 0 Å². The summed E-state index contributed by atoms with van der Waals surface area (Å²) in [6.07, 6.45) is 5.14. The first-order chi connectivity index (χ1) is 10.1. The third kappa shape index (κ3) is 2.66. The Kier molecular flexibility index (Phi) is 4.16. The number of nitrogens with zero attached hydrogens (tertiary/aromatic N) is 2. The van der Waals surface area contributed by atoms with Crippen molar-refractivity contribution in [2.75, 3.05) is 33.2 Å². The van der Waals surface area contributed by atoms with Gasteiger partial charge in [0.2, 0.25) is 0 Å². The largest absolute Gasteiger partial charge is 0.320 e. The molecule has 0 saturated carbocycles. The van der Waals surface area contributed by atoms with Crippen LogP contribution in [0.1, 0.15) is 24.0 Å². The topological polar surface area (TPSA) is 32.5 Å². The summed E-state index contributed by atoms with van der Waals surface area (Å²) < 4.78 is 0. The minimum absolute atomic E-state index is 0.285. The normalized spacial score (nSPS) is 30.9. The number of piperazine rings is 1. The fourth-order valence-electron chi connectivity index (χ4n) is 4.05. The molecule has 1 aliphatic heterocycles. The second-order valence-corrected chi connectivity index (χ2v) is 6.58. The van der Waals surface area contributed by atoms with Gasteiger partial charge >= 0.3 is 0 Å². The van der Waals surface area contributed by atoms with Crippen LogP contribution in [0.2, 0.25) is 0 Å². The molecule has 0 spiro atoms. The molecule has 1 aromatic rings. The summed E-state index contributed by atoms with van der Waals surface area (Å²) in [5, 5.41) is 0. The fourth-order valence-corrected chi connectivity index (χ4v) is 4.05. The van der Waals surface area contributed by atoms with Crippen LogP contribution in [0.5, 0.6) is 0 Å². The van der Waals surface area contributed by atoms with Crippen LogP contribution >= 0.6 is 0 Å². The van der Waals surface area contributed by atoms with Gasteiger partial charge in [-0.2, -0.15) is 0 Å². The van der Waals surface area contributed by atoms with Crippen molar-refractivity contribution in [3.63, 3.8) is 0 Å². The number of benzene rings is 1. The number of hydrogen-bond acceptors (Lipinski definition) is 3. The van der Waals surface area contributed by atoms with E-state index in [1.165, 1.54) is 11.1 Å². The molecule has 2 aliphatic rings. The van der Waals surface area contributed by atoms with E-state index in [4.69, 9.17) is 5.73 Å². The molecular weight excluding hydrogens is 258 g/mol. The summed E-state index contributed by atoms with van der Waals surface area (Å²) in [6.45, 7) is 8.49. The highest BCUT2D eigenvalue weighted by Gasteiger charge is 2.43. The molecule has 1 aromatic carbocycles. The van der Waals surface area contributed by atoms with Crippen molar-refractivity contribution in [3.05, 3.63) is 48.0 Å². The van der Waals surface area contributed by atoms with Gasteiger partial charge in [0.15, 0.2) is 0 Å². The van der Waals surface area contributed by atoms with Gasteiger partial charge < -0.3 is 10.6 Å². The number of aryl methyl sites for hydroxylation is 1. The Morgan fingerprint density at radius 1 is 1.29 bits per heavy atom. The maximum Gasteiger partial charge on any atom is 0.0604 e. The lowest BCUT2D eigenvalue weighted by Crippen LogP contribution is -2.61. The van der Waals surface area contributed by atoms with E-state index < -0.39 is 0 Å². The molecule has 0 amide bonds. The highest BCUT2D eigenvalue weighted by Crippen LogP contribution is 2.39. The number of fused-ring (bicyclic) bond motifs is 1. The number of hydrogen-bond donors (Lipinski definition) is 1. The van der Waals surface area contributed by atoms with Gasteiger partial charge in [-0.3, -0.25) is 4.90 Å². The van der Waals surface area contributed by atoms with Crippen LogP contribution in [0.15, 0.2) is 36.9 Å². The van der Waals surface area contributed by atoms with E-state index in [0.29, 0.717) is 6.04 Å². The van der Waals surface area contributed by atoms with Crippen molar-refractivity contribution < 1.29 is 0 Å². The Labute approximate surface area is 128 Å². The third-order valence-electron chi connectivity index (χ3n) is 5.26. The quantitative estimate of drug-likeness (QED) is 0.862. The lowest BCUT2D eigenvalue weighted by Gasteiger charge is -2.49. The molecule has 0 bridgehead atoms. The number of nitrogens with two attached hydrogens (primary N) is 1. The summed E-state index contributed by atoms with van der Waals surface area (Å²) in [5.74, 6) is 0. The van der Waals surface area contributed by atoms with Crippen LogP contribution in [-0.4, -0.2) is 49.1 Å². The minimum Gasteiger partial charge on any atom is -0.320 e. The molecule has 2 N–H and O–H groups in total. The van der Waals surface area contributed by atoms with Gasteiger partial charge in [0.1, 0.15) is 0 Å². The van der Waals surface area contributed by atoms with Crippen LogP contribution in [0.4, 0.5) is 0 Å². The molecule has 21 heavy (non-hydrogen) atoms. The van der Waals surface area contributed by atoms with E-state index in [1.54, 1.807) is 0 Å². The second kappa shape index (κ2) is 5.91. The summed E-state index contributed by atoms with van der Waals surface area (Å²) in [7, 11) is 2.20. The zero-order valence-electron chi connectivity index (χ0n) is 13.1. The Balaban J connectivity index is 1.92. The van der Waals surface area contributed by atoms with E-state index in [0.717, 1.165) is 45.4 Å². The summed E-state index contributed by atoms with van der Waals surface area (Å²) >= 11 is 0. The van der Waals surface area contributed by atoms with Gasteiger partial charge in [-0.1, -0.05) is 30.3 Å². The highest BCUT2D eigenvalue weighted by atomic mass is 15.3. The molecule has 3 nitrogen and oxygen atoms in total. The standard InChI is InChI=1S/C18H27N3/c1-3-10-18(19)16-7-5-4-6-15(16)8-9-17(18)21-13-11-20(2)12-14-21/h3-7,17H,1,8-14,19H2,2H3. The fraction of sp³-hybridized carbons (Fsp3) is 0.556. The smallest absolute Gasteiger partial charge is 0.0604 e. The molecular formula is C18H27N3. The number of likely N-dealkylation sites (N-methyl/N-ethyl adjacent to an activating group) is 1. The van der Waals surface area contributed by atoms with Crippen LogP contribution in [0.3, 0.4) is 0 Å². The molecule has 2 atom stereocenters. The van der Waals surface area contributed by atoms with Gasteiger partial charge in [-0.05, 0) is 37.4 Å². The maximum absolute atomic E-state index is 6.96. The molecule has 3 heteroatoms. The van der Waals surface area contributed by atoms with Crippen molar-refractivity contribution in [3.8, 4) is 0 Å². The average molecular weight is 285 g/mol. The molecule has 0 radical (unpaired) electrons. The molecule has 3 rings (SSSR count). The molecule has 1 saturated heterocycles. The van der Waals surface area contributed by atoms with Crippen molar-refractivity contribution in [1.82, 2.24) is 9.80 Å². The molecule has 114 valence electrons. The van der Waals surface area contributed by atoms with Gasteiger partial charge in [0.05, 0.1) is 5.54 Å². The van der Waals surface area contributed by atoms with Crippen molar-refractivity contribution >= 4 is 0 Å². The molecule has 1 aliphatic carbocycles. The average Bonchev–Trinajstić information content (AvgIpc) is 2.49. The Morgan fingerprint density at radius 2 is 2.00 bits per heavy atom. The number of rotatable bonds is 3. The maximum atomic E-state index is 6.96. The third-order valence-corrected chi connectivity index (χ3v) is 5.26. The van der Waals surface area contributed by atoms with Crippen molar-refractivity contribution in [1.29, 1.82) is 0 Å². The van der Waals surface area contributed by atoms with E-state index in [-0.39, 0.29) is 5.54 Å². The van der Waals surface area contributed by atoms with Crippen molar-refractivity contribution in [2.45, 2.75) is 30.8 Å². The van der Waals surface area contributed by atoms with Crippen molar-refractivity contribution in [2.24, 2.45) is 5.73 Å². The van der Waals surface area contributed by atoms with Gasteiger partial charge in [-0.25, -0.2) is 0 Å². The van der Waals surface area contributed by atoms with Crippen LogP contribution in [-0.2, 0) is 12.0 Å². The van der Waals surface area contributed by atoms with E-state index in [9.17, 15) is 0 Å². The summed E-state index contributed by atoms with van der Waals surface area (Å²) in [4.78, 5) is 5.01. The lowest BCUT2D eigenvalue weighted by atomic mass is 9.71. The predicted molar refractivity (Wildman–Crippen MR) is 88.3 cm³/mol. The van der Waals surface area contributed by atoms with Crippen LogP contribution in [0, 0.1) is 0 Å². The zero-order chi connectivity index (χ0) is 14.9. The first-order valence-electron chi connectivity index (χ1n) is 8.06. The Morgan fingerprint density at radius 3 is 2.71 bits per heavy atom. The molecule has 1 fully saturated rings. The van der Waals surface area contributed by atoms with Gasteiger partial charge in [-0.15, -0.1) is 6.58 Å². The molecule has 2 unspecified atom stereocenters. The summed E-state index contributed by atoms with van der Waals surface area (Å²) in [6, 6.07) is 9.14. The van der Waals surface area contributed by atoms with Gasteiger partial charge in [0.25, 0.3) is 0 Å². The van der Waals surface area contributed by atoms with Crippen LogP contribution < -0.4 is 5.73 Å². The molecule has 1 heterocycles.